The van der Waals surface area contributed by atoms with Gasteiger partial charge in [-0.3, -0.25) is 9.59 Å². The molecule has 0 aliphatic heterocycles. The van der Waals surface area contributed by atoms with Crippen LogP contribution in [0.5, 0.6) is 0 Å². The third-order valence-corrected chi connectivity index (χ3v) is 3.32. The molecule has 106 valence electrons. The summed E-state index contributed by atoms with van der Waals surface area (Å²) in [6.07, 6.45) is 1.01. The monoisotopic (exact) mass is 277 g/mol. The lowest BCUT2D eigenvalue weighted by Gasteiger charge is -2.08. The summed E-state index contributed by atoms with van der Waals surface area (Å²) in [5.74, 6) is -0.528. The number of hydrogen-bond acceptors (Lipinski definition) is 4. The molecule has 1 amide bonds. The maximum absolute atomic E-state index is 11.4. The zero-order valence-corrected chi connectivity index (χ0v) is 12.1. The maximum Gasteiger partial charge on any atom is 0.307 e. The third-order valence-electron chi connectivity index (χ3n) is 2.12. The number of aliphatic carboxylic acids is 1. The molecule has 0 radical (unpaired) electrons. The summed E-state index contributed by atoms with van der Waals surface area (Å²) in [7, 11) is 0. The SMILES string of the molecule is CC(C)OCCCNC(=O)CSCC(C)C(=O)O. The van der Waals surface area contributed by atoms with E-state index in [0.29, 0.717) is 24.7 Å². The first-order valence-electron chi connectivity index (χ1n) is 6.12. The van der Waals surface area contributed by atoms with Gasteiger partial charge in [-0.2, -0.15) is 11.8 Å². The minimum absolute atomic E-state index is 0.0536. The number of ether oxygens (including phenoxy) is 1. The highest BCUT2D eigenvalue weighted by molar-refractivity contribution is 7.99. The Hall–Kier alpha value is -0.750. The van der Waals surface area contributed by atoms with Gasteiger partial charge in [0.25, 0.3) is 0 Å². The molecule has 0 fully saturated rings. The molecule has 2 N–H and O–H groups in total. The van der Waals surface area contributed by atoms with E-state index in [-0.39, 0.29) is 12.0 Å². The molecule has 0 saturated carbocycles. The van der Waals surface area contributed by atoms with Crippen LogP contribution < -0.4 is 5.32 Å². The lowest BCUT2D eigenvalue weighted by atomic mass is 10.2. The number of carboxylic acids is 1. The Bertz CT molecular complexity index is 258. The van der Waals surface area contributed by atoms with Gasteiger partial charge >= 0.3 is 5.97 Å². The molecular weight excluding hydrogens is 254 g/mol. The minimum atomic E-state index is -0.825. The van der Waals surface area contributed by atoms with Gasteiger partial charge in [0.2, 0.25) is 5.91 Å². The van der Waals surface area contributed by atoms with Crippen molar-refractivity contribution in [1.29, 1.82) is 0 Å². The van der Waals surface area contributed by atoms with Crippen molar-refractivity contribution in [3.05, 3.63) is 0 Å². The fourth-order valence-corrected chi connectivity index (χ4v) is 1.97. The van der Waals surface area contributed by atoms with Gasteiger partial charge < -0.3 is 15.2 Å². The van der Waals surface area contributed by atoms with Gasteiger partial charge in [0.05, 0.1) is 17.8 Å². The molecule has 0 aliphatic rings. The molecule has 0 aliphatic carbocycles. The maximum atomic E-state index is 11.4. The lowest BCUT2D eigenvalue weighted by molar-refractivity contribution is -0.140. The van der Waals surface area contributed by atoms with E-state index in [1.807, 2.05) is 13.8 Å². The molecule has 0 aromatic carbocycles. The largest absolute Gasteiger partial charge is 0.481 e. The normalized spacial score (nSPS) is 12.4. The molecule has 6 heteroatoms. The fourth-order valence-electron chi connectivity index (χ4n) is 1.07. The van der Waals surface area contributed by atoms with E-state index in [2.05, 4.69) is 5.32 Å². The van der Waals surface area contributed by atoms with Crippen molar-refractivity contribution in [2.75, 3.05) is 24.7 Å². The standard InChI is InChI=1S/C12H23NO4S/c1-9(2)17-6-4-5-13-11(14)8-18-7-10(3)12(15)16/h9-10H,4-8H2,1-3H3,(H,13,14)(H,15,16). The van der Waals surface area contributed by atoms with Crippen molar-refractivity contribution >= 4 is 23.6 Å². The molecule has 0 aromatic heterocycles. The van der Waals surface area contributed by atoms with Crippen molar-refractivity contribution in [3.63, 3.8) is 0 Å². The number of hydrogen-bond donors (Lipinski definition) is 2. The Kier molecular flexibility index (Phi) is 9.77. The first kappa shape index (κ1) is 17.2. The van der Waals surface area contributed by atoms with E-state index in [4.69, 9.17) is 9.84 Å². The van der Waals surface area contributed by atoms with Crippen molar-refractivity contribution in [1.82, 2.24) is 5.32 Å². The molecular formula is C12H23NO4S. The zero-order valence-electron chi connectivity index (χ0n) is 11.3. The molecule has 5 nitrogen and oxygen atoms in total. The van der Waals surface area contributed by atoms with Crippen LogP contribution in [0.1, 0.15) is 27.2 Å². The van der Waals surface area contributed by atoms with Crippen LogP contribution in [0.3, 0.4) is 0 Å². The van der Waals surface area contributed by atoms with E-state index in [0.717, 1.165) is 6.42 Å². The number of rotatable bonds is 10. The van der Waals surface area contributed by atoms with Crippen molar-refractivity contribution in [2.24, 2.45) is 5.92 Å². The van der Waals surface area contributed by atoms with Crippen LogP contribution in [0.4, 0.5) is 0 Å². The molecule has 0 rings (SSSR count). The summed E-state index contributed by atoms with van der Waals surface area (Å²) in [5, 5.41) is 11.4. The second kappa shape index (κ2) is 10.2. The highest BCUT2D eigenvalue weighted by atomic mass is 32.2. The Labute approximate surface area is 113 Å². The Morgan fingerprint density at radius 1 is 1.33 bits per heavy atom. The fraction of sp³-hybridized carbons (Fsp3) is 0.833. The Balaban J connectivity index is 3.41. The molecule has 1 atom stereocenters. The second-order valence-corrected chi connectivity index (χ2v) is 5.41. The summed E-state index contributed by atoms with van der Waals surface area (Å²) in [5.41, 5.74) is 0. The topological polar surface area (TPSA) is 75.6 Å². The lowest BCUT2D eigenvalue weighted by Crippen LogP contribution is -2.27. The van der Waals surface area contributed by atoms with Crippen molar-refractivity contribution in [2.45, 2.75) is 33.3 Å². The third kappa shape index (κ3) is 10.4. The molecule has 18 heavy (non-hydrogen) atoms. The molecule has 0 bridgehead atoms. The second-order valence-electron chi connectivity index (χ2n) is 4.38. The van der Waals surface area contributed by atoms with Gasteiger partial charge in [0.15, 0.2) is 0 Å². The van der Waals surface area contributed by atoms with Crippen LogP contribution in [0.25, 0.3) is 0 Å². The average molecular weight is 277 g/mol. The van der Waals surface area contributed by atoms with E-state index < -0.39 is 11.9 Å². The van der Waals surface area contributed by atoms with Crippen LogP contribution in [0, 0.1) is 5.92 Å². The van der Waals surface area contributed by atoms with Crippen molar-refractivity contribution < 1.29 is 19.4 Å². The highest BCUT2D eigenvalue weighted by Crippen LogP contribution is 2.07. The predicted molar refractivity (Wildman–Crippen MR) is 72.8 cm³/mol. The first-order valence-corrected chi connectivity index (χ1v) is 7.27. The number of carboxylic acid groups (broad SMARTS) is 1. The molecule has 1 unspecified atom stereocenters. The number of thioether (sulfide) groups is 1. The van der Waals surface area contributed by atoms with Crippen LogP contribution in [0.15, 0.2) is 0 Å². The highest BCUT2D eigenvalue weighted by Gasteiger charge is 2.11. The van der Waals surface area contributed by atoms with Gasteiger partial charge in [0, 0.05) is 18.9 Å². The zero-order chi connectivity index (χ0) is 14.0. The van der Waals surface area contributed by atoms with E-state index in [1.54, 1.807) is 6.92 Å². The Morgan fingerprint density at radius 2 is 2.00 bits per heavy atom. The van der Waals surface area contributed by atoms with Gasteiger partial charge in [-0.1, -0.05) is 6.92 Å². The van der Waals surface area contributed by atoms with Crippen LogP contribution in [0.2, 0.25) is 0 Å². The number of nitrogens with one attached hydrogen (secondary N) is 1. The summed E-state index contributed by atoms with van der Waals surface area (Å²) < 4.78 is 5.34. The van der Waals surface area contributed by atoms with E-state index in [1.165, 1.54) is 11.8 Å². The predicted octanol–water partition coefficient (Wildman–Crippen LogP) is 1.37. The average Bonchev–Trinajstić information content (AvgIpc) is 2.27. The Morgan fingerprint density at radius 3 is 2.56 bits per heavy atom. The van der Waals surface area contributed by atoms with Crippen LogP contribution in [-0.2, 0) is 14.3 Å². The number of amides is 1. The van der Waals surface area contributed by atoms with Gasteiger partial charge in [0.1, 0.15) is 0 Å². The van der Waals surface area contributed by atoms with Gasteiger partial charge in [-0.15, -0.1) is 0 Å². The summed E-state index contributed by atoms with van der Waals surface area (Å²) in [6.45, 7) is 6.82. The minimum Gasteiger partial charge on any atom is -0.481 e. The van der Waals surface area contributed by atoms with Gasteiger partial charge in [-0.05, 0) is 20.3 Å². The molecule has 0 aromatic rings. The molecule has 0 heterocycles. The van der Waals surface area contributed by atoms with Gasteiger partial charge in [-0.25, -0.2) is 0 Å². The van der Waals surface area contributed by atoms with E-state index >= 15 is 0 Å². The van der Waals surface area contributed by atoms with Crippen LogP contribution in [-0.4, -0.2) is 47.7 Å². The smallest absolute Gasteiger partial charge is 0.307 e. The first-order chi connectivity index (χ1) is 8.43. The summed E-state index contributed by atoms with van der Waals surface area (Å²) in [4.78, 5) is 21.9. The summed E-state index contributed by atoms with van der Waals surface area (Å²) >= 11 is 1.34. The molecule has 0 saturated heterocycles. The van der Waals surface area contributed by atoms with Crippen molar-refractivity contribution in [3.8, 4) is 0 Å². The number of carbonyl (C=O) groups excluding carboxylic acids is 1. The number of carbonyl (C=O) groups is 2. The van der Waals surface area contributed by atoms with Crippen LogP contribution >= 0.6 is 11.8 Å². The van der Waals surface area contributed by atoms with E-state index in [9.17, 15) is 9.59 Å². The quantitative estimate of drug-likeness (QED) is 0.590. The summed E-state index contributed by atoms with van der Waals surface area (Å²) in [6, 6.07) is 0. The molecule has 0 spiro atoms.